The Balaban J connectivity index is 1.94. The number of ether oxygens (including phenoxy) is 1. The summed E-state index contributed by atoms with van der Waals surface area (Å²) in [5, 5.41) is 3.57. The zero-order chi connectivity index (χ0) is 10.0. The number of rotatable bonds is 1. The van der Waals surface area contributed by atoms with Crippen molar-refractivity contribution in [1.82, 2.24) is 10.2 Å². The molecule has 1 spiro atoms. The molecule has 0 bridgehead atoms. The lowest BCUT2D eigenvalue weighted by molar-refractivity contribution is -0.165. The topological polar surface area (TPSA) is 24.5 Å². The van der Waals surface area contributed by atoms with Gasteiger partial charge >= 0.3 is 0 Å². The van der Waals surface area contributed by atoms with Crippen molar-refractivity contribution >= 4 is 0 Å². The van der Waals surface area contributed by atoms with Crippen LogP contribution in [0, 0.1) is 0 Å². The largest absolute Gasteiger partial charge is 0.357 e. The van der Waals surface area contributed by atoms with Gasteiger partial charge in [0.25, 0.3) is 0 Å². The van der Waals surface area contributed by atoms with E-state index in [1.54, 1.807) is 0 Å². The van der Waals surface area contributed by atoms with Gasteiger partial charge in [-0.3, -0.25) is 5.32 Å². The van der Waals surface area contributed by atoms with Crippen LogP contribution in [0.4, 0.5) is 0 Å². The molecule has 2 heterocycles. The molecule has 0 aliphatic carbocycles. The second-order valence-corrected chi connectivity index (χ2v) is 4.66. The van der Waals surface area contributed by atoms with Crippen molar-refractivity contribution in [1.29, 1.82) is 0 Å². The van der Waals surface area contributed by atoms with Gasteiger partial charge in [0.15, 0.2) is 0 Å². The van der Waals surface area contributed by atoms with Gasteiger partial charge < -0.3 is 9.64 Å². The van der Waals surface area contributed by atoms with E-state index < -0.39 is 0 Å². The second kappa shape index (κ2) is 4.17. The minimum absolute atomic E-state index is 0.0193. The van der Waals surface area contributed by atoms with Crippen molar-refractivity contribution in [2.45, 2.75) is 44.4 Å². The van der Waals surface area contributed by atoms with E-state index in [1.165, 1.54) is 6.42 Å². The highest BCUT2D eigenvalue weighted by molar-refractivity contribution is 4.88. The third-order valence-electron chi connectivity index (χ3n) is 3.56. The quantitative estimate of drug-likeness (QED) is 0.685. The number of nitrogens with zero attached hydrogens (tertiary/aromatic N) is 1. The van der Waals surface area contributed by atoms with Crippen molar-refractivity contribution in [2.75, 3.05) is 26.7 Å². The lowest BCUT2D eigenvalue weighted by Crippen LogP contribution is -2.59. The highest BCUT2D eigenvalue weighted by Crippen LogP contribution is 2.29. The summed E-state index contributed by atoms with van der Waals surface area (Å²) in [4.78, 5) is 2.38. The summed E-state index contributed by atoms with van der Waals surface area (Å²) in [6.07, 6.45) is 5.09. The average molecular weight is 198 g/mol. The van der Waals surface area contributed by atoms with Crippen LogP contribution >= 0.6 is 0 Å². The van der Waals surface area contributed by atoms with Crippen molar-refractivity contribution < 1.29 is 4.74 Å². The second-order valence-electron chi connectivity index (χ2n) is 4.66. The van der Waals surface area contributed by atoms with Gasteiger partial charge in [0, 0.05) is 32.5 Å². The first-order valence-corrected chi connectivity index (χ1v) is 5.85. The lowest BCUT2D eigenvalue weighted by Gasteiger charge is -2.46. The maximum absolute atomic E-state index is 6.17. The van der Waals surface area contributed by atoms with Crippen molar-refractivity contribution in [3.63, 3.8) is 0 Å². The first-order valence-electron chi connectivity index (χ1n) is 5.85. The Kier molecular flexibility index (Phi) is 3.10. The molecule has 1 unspecified atom stereocenters. The molecule has 1 N–H and O–H groups in total. The molecular formula is C11H22N2O. The maximum atomic E-state index is 6.17. The molecule has 3 heteroatoms. The first-order chi connectivity index (χ1) is 6.74. The van der Waals surface area contributed by atoms with Crippen molar-refractivity contribution in [2.24, 2.45) is 0 Å². The van der Waals surface area contributed by atoms with Crippen LogP contribution in [0.1, 0.15) is 32.6 Å². The summed E-state index contributed by atoms with van der Waals surface area (Å²) in [5.74, 6) is 0. The van der Waals surface area contributed by atoms with Gasteiger partial charge in [-0.1, -0.05) is 6.92 Å². The Bertz CT molecular complexity index is 188. The van der Waals surface area contributed by atoms with Crippen LogP contribution in [0.5, 0.6) is 0 Å². The van der Waals surface area contributed by atoms with E-state index in [1.807, 2.05) is 0 Å². The lowest BCUT2D eigenvalue weighted by atomic mass is 9.97. The molecule has 2 saturated heterocycles. The normalized spacial score (nSPS) is 33.4. The summed E-state index contributed by atoms with van der Waals surface area (Å²) in [6.45, 7) is 5.66. The van der Waals surface area contributed by atoms with Crippen molar-refractivity contribution in [3.05, 3.63) is 0 Å². The van der Waals surface area contributed by atoms with Gasteiger partial charge in [-0.25, -0.2) is 0 Å². The van der Waals surface area contributed by atoms with Crippen LogP contribution < -0.4 is 5.32 Å². The van der Waals surface area contributed by atoms with Crippen LogP contribution in [-0.2, 0) is 4.74 Å². The van der Waals surface area contributed by atoms with Crippen LogP contribution in [0.25, 0.3) is 0 Å². The van der Waals surface area contributed by atoms with Gasteiger partial charge in [0.2, 0.25) is 0 Å². The summed E-state index contributed by atoms with van der Waals surface area (Å²) >= 11 is 0. The van der Waals surface area contributed by atoms with Crippen LogP contribution in [0.2, 0.25) is 0 Å². The predicted octanol–water partition coefficient (Wildman–Crippen LogP) is 1.20. The monoisotopic (exact) mass is 198 g/mol. The fourth-order valence-electron chi connectivity index (χ4n) is 2.44. The molecule has 0 aromatic carbocycles. The van der Waals surface area contributed by atoms with E-state index in [-0.39, 0.29) is 5.72 Å². The molecule has 0 amide bonds. The molecule has 0 radical (unpaired) electrons. The predicted molar refractivity (Wildman–Crippen MR) is 57.2 cm³/mol. The van der Waals surface area contributed by atoms with Gasteiger partial charge in [-0.05, 0) is 19.9 Å². The summed E-state index contributed by atoms with van der Waals surface area (Å²) in [6, 6.07) is 0. The third-order valence-corrected chi connectivity index (χ3v) is 3.56. The van der Waals surface area contributed by atoms with Crippen LogP contribution in [0.3, 0.4) is 0 Å². The van der Waals surface area contributed by atoms with Gasteiger partial charge in [-0.2, -0.15) is 0 Å². The van der Waals surface area contributed by atoms with E-state index in [9.17, 15) is 0 Å². The first kappa shape index (κ1) is 10.4. The highest BCUT2D eigenvalue weighted by Gasteiger charge is 2.38. The molecule has 0 aromatic heterocycles. The fraction of sp³-hybridized carbons (Fsp3) is 1.00. The number of piperidine rings is 1. The number of hydrogen-bond acceptors (Lipinski definition) is 3. The maximum Gasteiger partial charge on any atom is 0.122 e. The van der Waals surface area contributed by atoms with Gasteiger partial charge in [-0.15, -0.1) is 0 Å². The van der Waals surface area contributed by atoms with E-state index in [0.29, 0.717) is 6.10 Å². The van der Waals surface area contributed by atoms with Crippen LogP contribution in [0.15, 0.2) is 0 Å². The van der Waals surface area contributed by atoms with E-state index >= 15 is 0 Å². The van der Waals surface area contributed by atoms with E-state index in [0.717, 1.165) is 38.9 Å². The molecule has 0 aromatic rings. The minimum atomic E-state index is 0.0193. The van der Waals surface area contributed by atoms with Gasteiger partial charge in [0.05, 0.1) is 6.10 Å². The van der Waals surface area contributed by atoms with E-state index in [2.05, 4.69) is 24.2 Å². The minimum Gasteiger partial charge on any atom is -0.357 e. The summed E-state index contributed by atoms with van der Waals surface area (Å²) < 4.78 is 6.17. The standard InChI is InChI=1S/C11H22N2O/c1-3-10-4-7-12-11(14-10)5-8-13(2)9-6-11/h10,12H,3-9H2,1-2H3. The summed E-state index contributed by atoms with van der Waals surface area (Å²) in [7, 11) is 2.19. The van der Waals surface area contributed by atoms with E-state index in [4.69, 9.17) is 4.74 Å². The molecule has 82 valence electrons. The molecule has 2 fully saturated rings. The molecule has 3 nitrogen and oxygen atoms in total. The molecule has 14 heavy (non-hydrogen) atoms. The number of likely N-dealkylation sites (tertiary alicyclic amines) is 1. The molecule has 2 aliphatic rings. The van der Waals surface area contributed by atoms with Crippen molar-refractivity contribution in [3.8, 4) is 0 Å². The Hall–Kier alpha value is -0.120. The average Bonchev–Trinajstić information content (AvgIpc) is 2.23. The fourth-order valence-corrected chi connectivity index (χ4v) is 2.44. The smallest absolute Gasteiger partial charge is 0.122 e. The SMILES string of the molecule is CCC1CCNC2(CCN(C)CC2)O1. The Morgan fingerprint density at radius 1 is 1.43 bits per heavy atom. The highest BCUT2D eigenvalue weighted by atomic mass is 16.5. The molecular weight excluding hydrogens is 176 g/mol. The molecule has 0 saturated carbocycles. The molecule has 2 aliphatic heterocycles. The van der Waals surface area contributed by atoms with Gasteiger partial charge in [0.1, 0.15) is 5.72 Å². The Morgan fingerprint density at radius 2 is 2.14 bits per heavy atom. The van der Waals surface area contributed by atoms with Crippen LogP contribution in [-0.4, -0.2) is 43.4 Å². The number of hydrogen-bond donors (Lipinski definition) is 1. The third kappa shape index (κ3) is 2.10. The Labute approximate surface area is 86.8 Å². The zero-order valence-corrected chi connectivity index (χ0v) is 9.38. The summed E-state index contributed by atoms with van der Waals surface area (Å²) in [5.41, 5.74) is 0.0193. The Morgan fingerprint density at radius 3 is 2.79 bits per heavy atom. The molecule has 2 rings (SSSR count). The number of nitrogens with one attached hydrogen (secondary N) is 1. The molecule has 1 atom stereocenters. The zero-order valence-electron chi connectivity index (χ0n) is 9.38.